The summed E-state index contributed by atoms with van der Waals surface area (Å²) in [7, 11) is 0. The van der Waals surface area contributed by atoms with E-state index in [9.17, 15) is 48.9 Å². The summed E-state index contributed by atoms with van der Waals surface area (Å²) in [4.78, 5) is 92.2. The SMILES string of the molecule is CC[C@H](C)[C@H](NC(=O)CNC(=O)[C@@H](N)CS)C(=O)N[C@@H](CO)C(=O)N[C@@H](Cc1ccc(O)cc1)C(=O)NCC(=O)N[C@@H](CCCN=C(N)N)C(=O)O. The number of phenols is 1. The van der Waals surface area contributed by atoms with Gasteiger partial charge in [0.15, 0.2) is 5.96 Å². The number of carbonyl (C=O) groups is 7. The molecule has 0 aromatic heterocycles. The van der Waals surface area contributed by atoms with Gasteiger partial charge in [-0.05, 0) is 36.5 Å². The summed E-state index contributed by atoms with van der Waals surface area (Å²) in [6.07, 6.45) is 0.476. The number of thiol groups is 1. The number of aliphatic carboxylic acids is 1. The molecule has 15 N–H and O–H groups in total. The first kappa shape index (κ1) is 44.9. The summed E-state index contributed by atoms with van der Waals surface area (Å²) in [5.41, 5.74) is 16.5. The highest BCUT2D eigenvalue weighted by Crippen LogP contribution is 2.12. The van der Waals surface area contributed by atoms with Gasteiger partial charge in [0, 0.05) is 18.7 Å². The van der Waals surface area contributed by atoms with Crippen molar-refractivity contribution in [2.45, 2.75) is 69.7 Å². The van der Waals surface area contributed by atoms with Crippen LogP contribution in [0.1, 0.15) is 38.7 Å². The van der Waals surface area contributed by atoms with Gasteiger partial charge in [-0.15, -0.1) is 0 Å². The number of amides is 6. The maximum absolute atomic E-state index is 13.3. The van der Waals surface area contributed by atoms with E-state index in [1.54, 1.807) is 13.8 Å². The third-order valence-corrected chi connectivity index (χ3v) is 7.99. The molecule has 0 aliphatic heterocycles. The minimum atomic E-state index is -1.60. The van der Waals surface area contributed by atoms with E-state index >= 15 is 0 Å². The molecule has 1 rings (SSSR count). The van der Waals surface area contributed by atoms with Crippen LogP contribution in [0.15, 0.2) is 29.3 Å². The van der Waals surface area contributed by atoms with Crippen LogP contribution in [-0.2, 0) is 40.0 Å². The van der Waals surface area contributed by atoms with E-state index in [4.69, 9.17) is 17.2 Å². The second kappa shape index (κ2) is 23.3. The molecular weight excluding hydrogens is 704 g/mol. The van der Waals surface area contributed by atoms with Crippen LogP contribution < -0.4 is 49.1 Å². The number of benzene rings is 1. The number of nitrogens with zero attached hydrogens (tertiary/aromatic N) is 1. The molecule has 0 fully saturated rings. The molecule has 290 valence electrons. The van der Waals surface area contributed by atoms with E-state index < -0.39 is 97.2 Å². The number of nitrogens with one attached hydrogen (secondary N) is 6. The van der Waals surface area contributed by atoms with Crippen LogP contribution in [0.4, 0.5) is 0 Å². The van der Waals surface area contributed by atoms with Crippen LogP contribution >= 0.6 is 12.6 Å². The molecule has 0 heterocycles. The Morgan fingerprint density at radius 2 is 1.40 bits per heavy atom. The summed E-state index contributed by atoms with van der Waals surface area (Å²) in [5.74, 6) is -6.87. The van der Waals surface area contributed by atoms with Crippen LogP contribution in [0.5, 0.6) is 5.75 Å². The van der Waals surface area contributed by atoms with Gasteiger partial charge in [0.05, 0.1) is 25.7 Å². The first-order chi connectivity index (χ1) is 24.5. The number of aliphatic hydroxyl groups excluding tert-OH is 1. The first-order valence-corrected chi connectivity index (χ1v) is 16.9. The third-order valence-electron chi connectivity index (χ3n) is 7.60. The number of aromatic hydroxyl groups is 1. The van der Waals surface area contributed by atoms with Crippen molar-refractivity contribution in [2.75, 3.05) is 32.0 Å². The maximum atomic E-state index is 13.3. The zero-order valence-electron chi connectivity index (χ0n) is 29.0. The molecule has 20 nitrogen and oxygen atoms in total. The van der Waals surface area contributed by atoms with Gasteiger partial charge in [0.2, 0.25) is 35.4 Å². The van der Waals surface area contributed by atoms with E-state index in [1.807, 2.05) is 0 Å². The Morgan fingerprint density at radius 3 is 1.94 bits per heavy atom. The number of aliphatic imine (C=N–C) groups is 1. The number of guanidine groups is 1. The molecule has 1 aromatic rings. The number of phenolic OH excluding ortho intramolecular Hbond substituents is 1. The van der Waals surface area contributed by atoms with Crippen LogP contribution in [0.3, 0.4) is 0 Å². The minimum absolute atomic E-state index is 0.0111. The predicted molar refractivity (Wildman–Crippen MR) is 191 cm³/mol. The fraction of sp³-hybridized carbons (Fsp3) is 0.548. The highest BCUT2D eigenvalue weighted by molar-refractivity contribution is 7.80. The molecule has 0 radical (unpaired) electrons. The van der Waals surface area contributed by atoms with Crippen molar-refractivity contribution in [2.24, 2.45) is 28.1 Å². The van der Waals surface area contributed by atoms with Crippen molar-refractivity contribution < 1.29 is 48.9 Å². The topological polar surface area (TPSA) is 343 Å². The normalized spacial score (nSPS) is 14.2. The number of carboxylic acid groups (broad SMARTS) is 1. The Kier molecular flexibility index (Phi) is 20.1. The summed E-state index contributed by atoms with van der Waals surface area (Å²) >= 11 is 3.92. The molecule has 0 bridgehead atoms. The van der Waals surface area contributed by atoms with Crippen LogP contribution in [0.2, 0.25) is 0 Å². The molecule has 52 heavy (non-hydrogen) atoms. The van der Waals surface area contributed by atoms with Crippen molar-refractivity contribution in [1.29, 1.82) is 0 Å². The Hall–Kier alpha value is -5.15. The molecular formula is C31H50N10O10S. The van der Waals surface area contributed by atoms with Crippen molar-refractivity contribution in [3.63, 3.8) is 0 Å². The summed E-state index contributed by atoms with van der Waals surface area (Å²) in [6, 6.07) is -0.779. The lowest BCUT2D eigenvalue weighted by molar-refractivity contribution is -0.142. The van der Waals surface area contributed by atoms with Crippen LogP contribution in [-0.4, -0.2) is 125 Å². The Bertz CT molecular complexity index is 1410. The molecule has 0 aliphatic carbocycles. The van der Waals surface area contributed by atoms with Gasteiger partial charge in [0.25, 0.3) is 0 Å². The predicted octanol–water partition coefficient (Wildman–Crippen LogP) is -4.46. The Labute approximate surface area is 305 Å². The van der Waals surface area contributed by atoms with Crippen LogP contribution in [0.25, 0.3) is 0 Å². The number of rotatable bonds is 23. The standard InChI is InChI=1S/C31H50N10O10S/c1-3-16(2)25(41-24(45)13-36-26(46)19(32)15-52)29(49)40-22(14-42)28(48)39-21(11-17-6-8-18(43)9-7-17)27(47)37-12-23(44)38-20(30(50)51)5-4-10-35-31(33)34/h6-9,16,19-22,25,42-43,52H,3-5,10-15,32H2,1-2H3,(H,36,46)(H,37,47)(H,38,44)(H,39,48)(H,40,49)(H,41,45)(H,50,51)(H4,33,34,35)/t16-,19-,20-,21-,22-,25-/m0/s1. The number of carbonyl (C=O) groups excluding carboxylic acids is 6. The van der Waals surface area contributed by atoms with Gasteiger partial charge < -0.3 is 64.4 Å². The fourth-order valence-electron chi connectivity index (χ4n) is 4.41. The lowest BCUT2D eigenvalue weighted by atomic mass is 9.97. The van der Waals surface area contributed by atoms with E-state index in [2.05, 4.69) is 49.5 Å². The molecule has 0 saturated heterocycles. The molecule has 0 aliphatic rings. The van der Waals surface area contributed by atoms with Gasteiger partial charge in [-0.1, -0.05) is 32.4 Å². The van der Waals surface area contributed by atoms with Crippen LogP contribution in [0, 0.1) is 5.92 Å². The third kappa shape index (κ3) is 16.7. The van der Waals surface area contributed by atoms with Crippen molar-refractivity contribution in [3.8, 4) is 5.75 Å². The second-order valence-corrected chi connectivity index (χ2v) is 12.1. The molecule has 21 heteroatoms. The number of hydrogen-bond acceptors (Lipinski definition) is 12. The zero-order chi connectivity index (χ0) is 39.4. The smallest absolute Gasteiger partial charge is 0.326 e. The van der Waals surface area contributed by atoms with Crippen molar-refractivity contribution >= 4 is 60.0 Å². The fourth-order valence-corrected chi connectivity index (χ4v) is 4.58. The maximum Gasteiger partial charge on any atom is 0.326 e. The molecule has 0 saturated carbocycles. The summed E-state index contributed by atoms with van der Waals surface area (Å²) < 4.78 is 0. The highest BCUT2D eigenvalue weighted by atomic mass is 32.1. The quantitative estimate of drug-likeness (QED) is 0.0217. The Balaban J connectivity index is 3.04. The van der Waals surface area contributed by atoms with Gasteiger partial charge >= 0.3 is 5.97 Å². The Morgan fingerprint density at radius 1 is 0.827 bits per heavy atom. The average molecular weight is 755 g/mol. The molecule has 0 spiro atoms. The molecule has 6 amide bonds. The number of aliphatic hydroxyl groups is 1. The van der Waals surface area contributed by atoms with E-state index in [1.165, 1.54) is 24.3 Å². The number of carboxylic acids is 1. The number of hydrogen-bond donors (Lipinski definition) is 13. The summed E-state index contributed by atoms with van der Waals surface area (Å²) in [6.45, 7) is 1.47. The van der Waals surface area contributed by atoms with Gasteiger partial charge in [-0.25, -0.2) is 4.79 Å². The minimum Gasteiger partial charge on any atom is -0.508 e. The van der Waals surface area contributed by atoms with Crippen molar-refractivity contribution in [1.82, 2.24) is 31.9 Å². The summed E-state index contributed by atoms with van der Waals surface area (Å²) in [5, 5.41) is 43.4. The van der Waals surface area contributed by atoms with Gasteiger partial charge in [0.1, 0.15) is 29.9 Å². The molecule has 0 unspecified atom stereocenters. The first-order valence-electron chi connectivity index (χ1n) is 16.3. The van der Waals surface area contributed by atoms with E-state index in [0.717, 1.165) is 0 Å². The zero-order valence-corrected chi connectivity index (χ0v) is 29.9. The van der Waals surface area contributed by atoms with E-state index in [0.29, 0.717) is 12.0 Å². The number of nitrogens with two attached hydrogens (primary N) is 3. The molecule has 1 aromatic carbocycles. The monoisotopic (exact) mass is 754 g/mol. The van der Waals surface area contributed by atoms with Gasteiger partial charge in [-0.2, -0.15) is 12.6 Å². The van der Waals surface area contributed by atoms with E-state index in [-0.39, 0.29) is 43.3 Å². The largest absolute Gasteiger partial charge is 0.508 e. The highest BCUT2D eigenvalue weighted by Gasteiger charge is 2.32. The van der Waals surface area contributed by atoms with Crippen molar-refractivity contribution in [3.05, 3.63) is 29.8 Å². The van der Waals surface area contributed by atoms with Gasteiger partial charge in [-0.3, -0.25) is 33.8 Å². The molecule has 6 atom stereocenters. The lowest BCUT2D eigenvalue weighted by Crippen LogP contribution is -2.60. The average Bonchev–Trinajstić information content (AvgIpc) is 3.11. The second-order valence-electron chi connectivity index (χ2n) is 11.7. The lowest BCUT2D eigenvalue weighted by Gasteiger charge is -2.27.